The molecule has 2 nitrogen and oxygen atoms in total. The summed E-state index contributed by atoms with van der Waals surface area (Å²) in [6.45, 7) is 5.39. The van der Waals surface area contributed by atoms with Gasteiger partial charge in [-0.3, -0.25) is 0 Å². The molecule has 13 heavy (non-hydrogen) atoms. The van der Waals surface area contributed by atoms with Gasteiger partial charge in [0.15, 0.2) is 0 Å². The van der Waals surface area contributed by atoms with E-state index in [1.165, 1.54) is 25.7 Å². The summed E-state index contributed by atoms with van der Waals surface area (Å²) in [5.41, 5.74) is 0. The van der Waals surface area contributed by atoms with Gasteiger partial charge in [-0.05, 0) is 32.6 Å². The lowest BCUT2D eigenvalue weighted by Gasteiger charge is -2.22. The van der Waals surface area contributed by atoms with Crippen LogP contribution in [0.2, 0.25) is 0 Å². The maximum Gasteiger partial charge on any atom is 0.0667 e. The van der Waals surface area contributed by atoms with Crippen LogP contribution in [0.15, 0.2) is 0 Å². The van der Waals surface area contributed by atoms with Gasteiger partial charge in [0.05, 0.1) is 6.10 Å². The van der Waals surface area contributed by atoms with Gasteiger partial charge in [0.25, 0.3) is 0 Å². The first-order chi connectivity index (χ1) is 6.24. The Kier molecular flexibility index (Phi) is 4.74. The summed E-state index contributed by atoms with van der Waals surface area (Å²) in [5.74, 6) is 0.907. The molecule has 1 saturated carbocycles. The minimum absolute atomic E-state index is 0.337. The van der Waals surface area contributed by atoms with Gasteiger partial charge in [-0.2, -0.15) is 0 Å². The molecule has 78 valence electrons. The van der Waals surface area contributed by atoms with Gasteiger partial charge in [-0.25, -0.2) is 0 Å². The van der Waals surface area contributed by atoms with Crippen molar-refractivity contribution in [1.82, 2.24) is 5.32 Å². The lowest BCUT2D eigenvalue weighted by atomic mass is 10.00. The minimum atomic E-state index is 0.337. The van der Waals surface area contributed by atoms with E-state index in [4.69, 9.17) is 4.74 Å². The van der Waals surface area contributed by atoms with Gasteiger partial charge < -0.3 is 10.1 Å². The van der Waals surface area contributed by atoms with Gasteiger partial charge in [0.2, 0.25) is 0 Å². The molecule has 1 fully saturated rings. The Bertz CT molecular complexity index is 132. The molecule has 0 aliphatic heterocycles. The average Bonchev–Trinajstić information content (AvgIpc) is 2.66. The number of ether oxygens (including phenoxy) is 1. The summed E-state index contributed by atoms with van der Waals surface area (Å²) in [7, 11) is 1.77. The maximum absolute atomic E-state index is 5.20. The van der Waals surface area contributed by atoms with Gasteiger partial charge in [-0.1, -0.05) is 12.8 Å². The summed E-state index contributed by atoms with van der Waals surface area (Å²) in [4.78, 5) is 0. The number of rotatable bonds is 5. The van der Waals surface area contributed by atoms with Crippen LogP contribution in [0.4, 0.5) is 0 Å². The lowest BCUT2D eigenvalue weighted by Crippen LogP contribution is -2.37. The molecule has 2 unspecified atom stereocenters. The minimum Gasteiger partial charge on any atom is -0.380 e. The van der Waals surface area contributed by atoms with E-state index >= 15 is 0 Å². The zero-order valence-corrected chi connectivity index (χ0v) is 9.18. The van der Waals surface area contributed by atoms with Crippen LogP contribution >= 0.6 is 0 Å². The molecule has 0 spiro atoms. The summed E-state index contributed by atoms with van der Waals surface area (Å²) < 4.78 is 5.20. The summed E-state index contributed by atoms with van der Waals surface area (Å²) in [6.07, 6.45) is 6.02. The molecule has 0 aromatic rings. The van der Waals surface area contributed by atoms with Crippen molar-refractivity contribution in [2.45, 2.75) is 51.7 Å². The first-order valence-corrected chi connectivity index (χ1v) is 5.50. The quantitative estimate of drug-likeness (QED) is 0.709. The predicted molar refractivity (Wildman–Crippen MR) is 55.9 cm³/mol. The topological polar surface area (TPSA) is 21.3 Å². The highest BCUT2D eigenvalue weighted by atomic mass is 16.5. The van der Waals surface area contributed by atoms with Crippen molar-refractivity contribution in [3.8, 4) is 0 Å². The summed E-state index contributed by atoms with van der Waals surface area (Å²) in [5, 5.41) is 3.55. The first kappa shape index (κ1) is 11.0. The summed E-state index contributed by atoms with van der Waals surface area (Å²) in [6, 6.07) is 0.667. The fourth-order valence-electron chi connectivity index (χ4n) is 2.06. The maximum atomic E-state index is 5.20. The third-order valence-corrected chi connectivity index (χ3v) is 3.24. The monoisotopic (exact) mass is 185 g/mol. The lowest BCUT2D eigenvalue weighted by molar-refractivity contribution is 0.112. The molecule has 0 saturated heterocycles. The Morgan fingerprint density at radius 1 is 1.31 bits per heavy atom. The van der Waals surface area contributed by atoms with Crippen LogP contribution in [-0.2, 0) is 4.74 Å². The zero-order chi connectivity index (χ0) is 9.68. The summed E-state index contributed by atoms with van der Waals surface area (Å²) >= 11 is 0. The molecule has 1 aliphatic carbocycles. The van der Waals surface area contributed by atoms with Crippen LogP contribution < -0.4 is 5.32 Å². The van der Waals surface area contributed by atoms with Crippen LogP contribution in [-0.4, -0.2) is 25.8 Å². The second-order valence-electron chi connectivity index (χ2n) is 4.29. The second-order valence-corrected chi connectivity index (χ2v) is 4.29. The van der Waals surface area contributed by atoms with Crippen LogP contribution in [0.5, 0.6) is 0 Å². The third-order valence-electron chi connectivity index (χ3n) is 3.24. The number of nitrogens with one attached hydrogen (secondary N) is 1. The van der Waals surface area contributed by atoms with Crippen molar-refractivity contribution in [2.75, 3.05) is 13.7 Å². The van der Waals surface area contributed by atoms with Crippen molar-refractivity contribution in [2.24, 2.45) is 5.92 Å². The van der Waals surface area contributed by atoms with E-state index in [2.05, 4.69) is 19.2 Å². The van der Waals surface area contributed by atoms with Crippen LogP contribution in [0.25, 0.3) is 0 Å². The van der Waals surface area contributed by atoms with Gasteiger partial charge >= 0.3 is 0 Å². The number of methoxy groups -OCH3 is 1. The average molecular weight is 185 g/mol. The molecule has 0 heterocycles. The standard InChI is InChI=1S/C11H23NO/c1-9(13-3)8-12-10(2)11-6-4-5-7-11/h9-12H,4-8H2,1-3H3. The molecule has 2 heteroatoms. The molecule has 0 amide bonds. The van der Waals surface area contributed by atoms with Gasteiger partial charge in [0.1, 0.15) is 0 Å². The van der Waals surface area contributed by atoms with Crippen LogP contribution in [0, 0.1) is 5.92 Å². The molecule has 1 aliphatic rings. The zero-order valence-electron chi connectivity index (χ0n) is 9.18. The fourth-order valence-corrected chi connectivity index (χ4v) is 2.06. The van der Waals surface area contributed by atoms with E-state index in [-0.39, 0.29) is 0 Å². The predicted octanol–water partition coefficient (Wildman–Crippen LogP) is 2.19. The van der Waals surface area contributed by atoms with Crippen LogP contribution in [0.1, 0.15) is 39.5 Å². The van der Waals surface area contributed by atoms with E-state index in [9.17, 15) is 0 Å². The second kappa shape index (κ2) is 5.61. The van der Waals surface area contributed by atoms with Gasteiger partial charge in [-0.15, -0.1) is 0 Å². The molecule has 0 radical (unpaired) electrons. The Morgan fingerprint density at radius 3 is 2.46 bits per heavy atom. The smallest absolute Gasteiger partial charge is 0.0667 e. The van der Waals surface area contributed by atoms with E-state index in [1.807, 2.05) is 0 Å². The largest absolute Gasteiger partial charge is 0.380 e. The fraction of sp³-hybridized carbons (Fsp3) is 1.00. The van der Waals surface area contributed by atoms with Crippen molar-refractivity contribution in [3.63, 3.8) is 0 Å². The SMILES string of the molecule is COC(C)CNC(C)C1CCCC1. The van der Waals surface area contributed by atoms with Crippen molar-refractivity contribution >= 4 is 0 Å². The number of hydrogen-bond donors (Lipinski definition) is 1. The Morgan fingerprint density at radius 2 is 1.92 bits per heavy atom. The molecule has 1 rings (SSSR count). The van der Waals surface area contributed by atoms with Gasteiger partial charge in [0, 0.05) is 19.7 Å². The van der Waals surface area contributed by atoms with E-state index in [0.29, 0.717) is 12.1 Å². The first-order valence-electron chi connectivity index (χ1n) is 5.50. The van der Waals surface area contributed by atoms with Crippen molar-refractivity contribution < 1.29 is 4.74 Å². The van der Waals surface area contributed by atoms with Crippen molar-refractivity contribution in [1.29, 1.82) is 0 Å². The number of hydrogen-bond acceptors (Lipinski definition) is 2. The highest BCUT2D eigenvalue weighted by molar-refractivity contribution is 4.77. The Hall–Kier alpha value is -0.0800. The third kappa shape index (κ3) is 3.65. The normalized spacial score (nSPS) is 23.3. The molecular formula is C11H23NO. The molecular weight excluding hydrogens is 162 g/mol. The molecule has 0 aromatic carbocycles. The van der Waals surface area contributed by atoms with E-state index in [1.54, 1.807) is 7.11 Å². The Labute approximate surface area is 82.0 Å². The highest BCUT2D eigenvalue weighted by Gasteiger charge is 2.21. The van der Waals surface area contributed by atoms with Crippen molar-refractivity contribution in [3.05, 3.63) is 0 Å². The Balaban J connectivity index is 2.12. The highest BCUT2D eigenvalue weighted by Crippen LogP contribution is 2.27. The van der Waals surface area contributed by atoms with Crippen LogP contribution in [0.3, 0.4) is 0 Å². The molecule has 2 atom stereocenters. The molecule has 0 bridgehead atoms. The van der Waals surface area contributed by atoms with E-state index < -0.39 is 0 Å². The molecule has 1 N–H and O–H groups in total. The van der Waals surface area contributed by atoms with E-state index in [0.717, 1.165) is 12.5 Å². The molecule has 0 aromatic heterocycles.